The van der Waals surface area contributed by atoms with Gasteiger partial charge in [-0.25, -0.2) is 4.98 Å². The van der Waals surface area contributed by atoms with Crippen LogP contribution in [-0.2, 0) is 14.3 Å². The molecular formula is C19H22N2O3S. The van der Waals surface area contributed by atoms with Gasteiger partial charge in [-0.1, -0.05) is 24.3 Å². The number of hydrogen-bond donors (Lipinski definition) is 0. The van der Waals surface area contributed by atoms with Crippen LogP contribution in [0.5, 0.6) is 0 Å². The van der Waals surface area contributed by atoms with E-state index in [9.17, 15) is 9.59 Å². The minimum Gasteiger partial charge on any atom is -0.455 e. The molecule has 25 heavy (non-hydrogen) atoms. The first-order chi connectivity index (χ1) is 12.1. The van der Waals surface area contributed by atoms with Gasteiger partial charge in [0.2, 0.25) is 0 Å². The van der Waals surface area contributed by atoms with E-state index in [1.807, 2.05) is 37.3 Å². The van der Waals surface area contributed by atoms with Crippen molar-refractivity contribution in [3.63, 3.8) is 0 Å². The number of fused-ring (bicyclic) bond motifs is 1. The van der Waals surface area contributed by atoms with Gasteiger partial charge in [0.25, 0.3) is 5.91 Å². The molecule has 1 aromatic heterocycles. The molecule has 0 unspecified atom stereocenters. The van der Waals surface area contributed by atoms with Gasteiger partial charge in [-0.3, -0.25) is 9.59 Å². The van der Waals surface area contributed by atoms with Crippen LogP contribution >= 0.6 is 11.3 Å². The molecule has 0 aliphatic heterocycles. The normalized spacial score (nSPS) is 18.1. The van der Waals surface area contributed by atoms with Crippen LogP contribution < -0.4 is 0 Å². The maximum absolute atomic E-state index is 12.4. The SMILES string of the molecule is C[C@H](c1nc2ccccc2s1)N(C)C(=O)COC(=O)[C@H]1CC=CCC1. The molecule has 132 valence electrons. The first-order valence-corrected chi connectivity index (χ1v) is 9.30. The number of ether oxygens (including phenoxy) is 1. The quantitative estimate of drug-likeness (QED) is 0.604. The van der Waals surface area contributed by atoms with E-state index in [1.54, 1.807) is 23.3 Å². The van der Waals surface area contributed by atoms with Crippen LogP contribution in [0.15, 0.2) is 36.4 Å². The molecule has 5 nitrogen and oxygen atoms in total. The van der Waals surface area contributed by atoms with E-state index in [0.29, 0.717) is 6.42 Å². The van der Waals surface area contributed by atoms with Crippen molar-refractivity contribution in [2.75, 3.05) is 13.7 Å². The van der Waals surface area contributed by atoms with Gasteiger partial charge in [-0.15, -0.1) is 11.3 Å². The second kappa shape index (κ2) is 7.78. The molecule has 0 saturated heterocycles. The van der Waals surface area contributed by atoms with Gasteiger partial charge >= 0.3 is 5.97 Å². The molecule has 1 aromatic carbocycles. The minimum absolute atomic E-state index is 0.121. The molecule has 2 aromatic rings. The zero-order valence-corrected chi connectivity index (χ0v) is 15.3. The zero-order chi connectivity index (χ0) is 17.8. The lowest BCUT2D eigenvalue weighted by atomic mass is 9.95. The maximum atomic E-state index is 12.4. The third-order valence-corrected chi connectivity index (χ3v) is 5.79. The first kappa shape index (κ1) is 17.6. The van der Waals surface area contributed by atoms with Crippen molar-refractivity contribution in [1.82, 2.24) is 9.88 Å². The summed E-state index contributed by atoms with van der Waals surface area (Å²) in [6, 6.07) is 7.74. The topological polar surface area (TPSA) is 59.5 Å². The maximum Gasteiger partial charge on any atom is 0.309 e. The largest absolute Gasteiger partial charge is 0.455 e. The molecule has 1 amide bonds. The number of thiazole rings is 1. The summed E-state index contributed by atoms with van der Waals surface area (Å²) in [6.45, 7) is 1.72. The van der Waals surface area contributed by atoms with Crippen LogP contribution in [0.25, 0.3) is 10.2 Å². The fourth-order valence-electron chi connectivity index (χ4n) is 2.81. The summed E-state index contributed by atoms with van der Waals surface area (Å²) in [4.78, 5) is 30.6. The zero-order valence-electron chi connectivity index (χ0n) is 14.5. The lowest BCUT2D eigenvalue weighted by Crippen LogP contribution is -2.34. The number of carbonyl (C=O) groups excluding carboxylic acids is 2. The van der Waals surface area contributed by atoms with Crippen molar-refractivity contribution < 1.29 is 14.3 Å². The number of nitrogens with zero attached hydrogens (tertiary/aromatic N) is 2. The van der Waals surface area contributed by atoms with Crippen molar-refractivity contribution in [2.45, 2.75) is 32.2 Å². The van der Waals surface area contributed by atoms with Crippen molar-refractivity contribution in [1.29, 1.82) is 0 Å². The molecule has 1 aliphatic carbocycles. The molecule has 0 bridgehead atoms. The van der Waals surface area contributed by atoms with Gasteiger partial charge in [-0.05, 0) is 38.3 Å². The number of likely N-dealkylation sites (N-methyl/N-ethyl adjacent to an activating group) is 1. The number of amides is 1. The fraction of sp³-hybridized carbons (Fsp3) is 0.421. The molecule has 2 atom stereocenters. The molecule has 0 fully saturated rings. The first-order valence-electron chi connectivity index (χ1n) is 8.49. The average Bonchev–Trinajstić information content (AvgIpc) is 3.09. The Morgan fingerprint density at radius 2 is 2.16 bits per heavy atom. The van der Waals surface area contributed by atoms with Gasteiger partial charge in [0.15, 0.2) is 6.61 Å². The predicted octanol–water partition coefficient (Wildman–Crippen LogP) is 3.72. The second-order valence-corrected chi connectivity index (χ2v) is 7.35. The number of esters is 1. The van der Waals surface area contributed by atoms with Crippen molar-refractivity contribution in [3.05, 3.63) is 41.4 Å². The summed E-state index contributed by atoms with van der Waals surface area (Å²) < 4.78 is 6.33. The highest BCUT2D eigenvalue weighted by Gasteiger charge is 2.24. The molecule has 0 radical (unpaired) electrons. The fourth-order valence-corrected chi connectivity index (χ4v) is 3.87. The Kier molecular flexibility index (Phi) is 5.48. The van der Waals surface area contributed by atoms with Crippen molar-refractivity contribution in [3.8, 4) is 0 Å². The van der Waals surface area contributed by atoms with E-state index >= 15 is 0 Å². The van der Waals surface area contributed by atoms with E-state index < -0.39 is 0 Å². The van der Waals surface area contributed by atoms with E-state index in [1.165, 1.54) is 0 Å². The number of aromatic nitrogens is 1. The van der Waals surface area contributed by atoms with Crippen LogP contribution in [0.1, 0.15) is 37.2 Å². The van der Waals surface area contributed by atoms with Gasteiger partial charge in [0.05, 0.1) is 22.2 Å². The third-order valence-electron chi connectivity index (χ3n) is 4.58. The summed E-state index contributed by atoms with van der Waals surface area (Å²) in [5.74, 6) is -0.616. The number of para-hydroxylation sites is 1. The second-order valence-electron chi connectivity index (χ2n) is 6.29. The number of hydrogen-bond acceptors (Lipinski definition) is 5. The molecular weight excluding hydrogens is 336 g/mol. The number of allylic oxidation sites excluding steroid dienone is 2. The molecule has 3 rings (SSSR count). The summed E-state index contributed by atoms with van der Waals surface area (Å²) in [6.07, 6.45) is 6.45. The summed E-state index contributed by atoms with van der Waals surface area (Å²) in [5.41, 5.74) is 0.937. The van der Waals surface area contributed by atoms with Gasteiger partial charge in [0, 0.05) is 7.05 Å². The lowest BCUT2D eigenvalue weighted by molar-refractivity contribution is -0.156. The Bertz CT molecular complexity index is 766. The standard InChI is InChI=1S/C19H22N2O3S/c1-13(18-20-15-10-6-7-11-16(15)25-18)21(2)17(22)12-24-19(23)14-8-4-3-5-9-14/h3-4,6-7,10-11,13-14H,5,8-9,12H2,1-2H3/t13-,14+/m1/s1. The van der Waals surface area contributed by atoms with Crippen LogP contribution in [-0.4, -0.2) is 35.4 Å². The predicted molar refractivity (Wildman–Crippen MR) is 98.2 cm³/mol. The Labute approximate surface area is 151 Å². The molecule has 0 spiro atoms. The van der Waals surface area contributed by atoms with E-state index in [-0.39, 0.29) is 30.4 Å². The number of benzene rings is 1. The minimum atomic E-state index is -0.279. The molecule has 0 saturated carbocycles. The highest BCUT2D eigenvalue weighted by atomic mass is 32.1. The van der Waals surface area contributed by atoms with Gasteiger partial charge in [0.1, 0.15) is 5.01 Å². The Hall–Kier alpha value is -2.21. The summed E-state index contributed by atoms with van der Waals surface area (Å²) >= 11 is 1.58. The Morgan fingerprint density at radius 3 is 2.88 bits per heavy atom. The summed E-state index contributed by atoms with van der Waals surface area (Å²) in [7, 11) is 1.72. The van der Waals surface area contributed by atoms with Crippen LogP contribution in [0.3, 0.4) is 0 Å². The smallest absolute Gasteiger partial charge is 0.309 e. The van der Waals surface area contributed by atoms with Gasteiger partial charge < -0.3 is 9.64 Å². The molecule has 1 aliphatic rings. The van der Waals surface area contributed by atoms with Crippen molar-refractivity contribution >= 4 is 33.4 Å². The number of carbonyl (C=O) groups is 2. The van der Waals surface area contributed by atoms with Gasteiger partial charge in [-0.2, -0.15) is 0 Å². The highest BCUT2D eigenvalue weighted by molar-refractivity contribution is 7.18. The van der Waals surface area contributed by atoms with Crippen LogP contribution in [0, 0.1) is 5.92 Å². The van der Waals surface area contributed by atoms with Crippen molar-refractivity contribution in [2.24, 2.45) is 5.92 Å². The third kappa shape index (κ3) is 4.07. The molecule has 6 heteroatoms. The number of rotatable bonds is 5. The summed E-state index contributed by atoms with van der Waals surface area (Å²) in [5, 5.41) is 0.876. The van der Waals surface area contributed by atoms with Crippen LogP contribution in [0.4, 0.5) is 0 Å². The van der Waals surface area contributed by atoms with Crippen LogP contribution in [0.2, 0.25) is 0 Å². The molecule has 0 N–H and O–H groups in total. The van der Waals surface area contributed by atoms with E-state index in [2.05, 4.69) is 11.1 Å². The van der Waals surface area contributed by atoms with E-state index in [0.717, 1.165) is 28.1 Å². The Balaban J connectivity index is 1.57. The van der Waals surface area contributed by atoms with E-state index in [4.69, 9.17) is 4.74 Å². The molecule has 1 heterocycles. The Morgan fingerprint density at radius 1 is 1.36 bits per heavy atom. The lowest BCUT2D eigenvalue weighted by Gasteiger charge is -2.23. The average molecular weight is 358 g/mol. The monoisotopic (exact) mass is 358 g/mol. The highest BCUT2D eigenvalue weighted by Crippen LogP contribution is 2.28.